The second kappa shape index (κ2) is 5.72. The summed E-state index contributed by atoms with van der Waals surface area (Å²) in [5, 5.41) is 11.5. The van der Waals surface area contributed by atoms with Crippen LogP contribution in [0.5, 0.6) is 0 Å². The monoisotopic (exact) mass is 304 g/mol. The Morgan fingerprint density at radius 1 is 1.48 bits per heavy atom. The summed E-state index contributed by atoms with van der Waals surface area (Å²) in [6.07, 6.45) is 1.95. The van der Waals surface area contributed by atoms with E-state index >= 15 is 0 Å². The molecule has 0 aliphatic carbocycles. The zero-order valence-corrected chi connectivity index (χ0v) is 12.7. The molecule has 21 heavy (non-hydrogen) atoms. The normalized spacial score (nSPS) is 18.0. The molecule has 0 saturated carbocycles. The van der Waals surface area contributed by atoms with Gasteiger partial charge in [0.1, 0.15) is 17.2 Å². The number of nitrogens with one attached hydrogen (secondary N) is 1. The van der Waals surface area contributed by atoms with Gasteiger partial charge in [0.15, 0.2) is 0 Å². The van der Waals surface area contributed by atoms with Gasteiger partial charge in [-0.2, -0.15) is 0 Å². The zero-order chi connectivity index (χ0) is 14.8. The van der Waals surface area contributed by atoms with Crippen LogP contribution >= 0.6 is 11.3 Å². The largest absolute Gasteiger partial charge is 0.334 e. The molecule has 1 amide bonds. The minimum atomic E-state index is 0.0409. The first-order chi connectivity index (χ1) is 10.1. The molecule has 1 saturated heterocycles. The maximum absolute atomic E-state index is 11.7. The highest BCUT2D eigenvalue weighted by molar-refractivity contribution is 7.13. The number of hydrogen-bond acceptors (Lipinski definition) is 7. The molecule has 1 aliphatic heterocycles. The highest BCUT2D eigenvalue weighted by atomic mass is 32.1. The van der Waals surface area contributed by atoms with Crippen LogP contribution in [0.3, 0.4) is 0 Å². The van der Waals surface area contributed by atoms with E-state index < -0.39 is 0 Å². The number of amides is 1. The van der Waals surface area contributed by atoms with Crippen molar-refractivity contribution in [3.05, 3.63) is 23.1 Å². The molecule has 1 aliphatic rings. The van der Waals surface area contributed by atoms with Gasteiger partial charge in [0, 0.05) is 19.5 Å². The number of carbonyl (C=O) groups excluding carboxylic acids is 1. The quantitative estimate of drug-likeness (QED) is 0.934. The molecule has 2 aromatic heterocycles. The lowest BCUT2D eigenvalue weighted by Gasteiger charge is -2.23. The number of anilines is 2. The number of likely N-dealkylation sites (tertiary alicyclic amines) is 1. The van der Waals surface area contributed by atoms with Crippen LogP contribution in [-0.2, 0) is 4.79 Å². The van der Waals surface area contributed by atoms with Gasteiger partial charge in [-0.25, -0.2) is 9.97 Å². The fraction of sp³-hybridized carbons (Fsp3) is 0.462. The predicted octanol–water partition coefficient (Wildman–Crippen LogP) is 2.06. The molecule has 0 spiro atoms. The topological polar surface area (TPSA) is 83.9 Å². The Kier molecular flexibility index (Phi) is 3.78. The van der Waals surface area contributed by atoms with Crippen molar-refractivity contribution < 1.29 is 4.79 Å². The van der Waals surface area contributed by atoms with Crippen molar-refractivity contribution >= 4 is 28.2 Å². The number of carbonyl (C=O) groups is 1. The zero-order valence-electron chi connectivity index (χ0n) is 11.9. The molecule has 0 bridgehead atoms. The first kappa shape index (κ1) is 13.9. The van der Waals surface area contributed by atoms with Gasteiger partial charge in [0.2, 0.25) is 11.0 Å². The smallest absolute Gasteiger partial charge is 0.220 e. The molecule has 1 N–H and O–H groups in total. The Bertz CT molecular complexity index is 644. The third-order valence-corrected chi connectivity index (χ3v) is 4.06. The standard InChI is InChI=1S/C13H16N6OS/c1-8-15-10(11-4-3-5-19(11)9(2)20)6-12(16-8)17-13-18-14-7-21-13/h6-7,11H,3-5H2,1-2H3,(H,15,16,17,18)/t11-/m0/s1. The molecular formula is C13H16N6OS. The average molecular weight is 304 g/mol. The number of nitrogens with zero attached hydrogens (tertiary/aromatic N) is 5. The summed E-state index contributed by atoms with van der Waals surface area (Å²) >= 11 is 1.41. The van der Waals surface area contributed by atoms with Gasteiger partial charge in [0.05, 0.1) is 11.7 Å². The molecule has 8 heteroatoms. The van der Waals surface area contributed by atoms with Crippen molar-refractivity contribution in [1.29, 1.82) is 0 Å². The Morgan fingerprint density at radius 3 is 3.05 bits per heavy atom. The van der Waals surface area contributed by atoms with Crippen molar-refractivity contribution in [3.8, 4) is 0 Å². The molecule has 110 valence electrons. The van der Waals surface area contributed by atoms with Crippen LogP contribution in [-0.4, -0.2) is 37.5 Å². The van der Waals surface area contributed by atoms with E-state index in [0.29, 0.717) is 16.8 Å². The average Bonchev–Trinajstić information content (AvgIpc) is 3.08. The van der Waals surface area contributed by atoms with Gasteiger partial charge in [-0.05, 0) is 19.8 Å². The molecule has 1 fully saturated rings. The van der Waals surface area contributed by atoms with E-state index in [4.69, 9.17) is 0 Å². The van der Waals surface area contributed by atoms with E-state index in [0.717, 1.165) is 25.1 Å². The first-order valence-electron chi connectivity index (χ1n) is 6.79. The lowest BCUT2D eigenvalue weighted by Crippen LogP contribution is -2.28. The molecule has 1 atom stereocenters. The van der Waals surface area contributed by atoms with Gasteiger partial charge >= 0.3 is 0 Å². The van der Waals surface area contributed by atoms with Gasteiger partial charge in [-0.3, -0.25) is 4.79 Å². The molecule has 0 aromatic carbocycles. The van der Waals surface area contributed by atoms with Crippen molar-refractivity contribution in [2.24, 2.45) is 0 Å². The van der Waals surface area contributed by atoms with E-state index in [1.165, 1.54) is 11.3 Å². The van der Waals surface area contributed by atoms with Gasteiger partial charge < -0.3 is 10.2 Å². The number of aromatic nitrogens is 4. The minimum absolute atomic E-state index is 0.0409. The molecular weight excluding hydrogens is 288 g/mol. The molecule has 3 heterocycles. The van der Waals surface area contributed by atoms with Gasteiger partial charge in [0.25, 0.3) is 0 Å². The summed E-state index contributed by atoms with van der Waals surface area (Å²) in [6, 6.07) is 1.93. The Balaban J connectivity index is 1.88. The van der Waals surface area contributed by atoms with Crippen molar-refractivity contribution in [2.75, 3.05) is 11.9 Å². The highest BCUT2D eigenvalue weighted by Gasteiger charge is 2.29. The van der Waals surface area contributed by atoms with Gasteiger partial charge in [-0.15, -0.1) is 10.2 Å². The third-order valence-electron chi connectivity index (χ3n) is 3.45. The van der Waals surface area contributed by atoms with E-state index in [1.54, 1.807) is 12.4 Å². The first-order valence-corrected chi connectivity index (χ1v) is 7.67. The number of aryl methyl sites for hydroxylation is 1. The van der Waals surface area contributed by atoms with Crippen LogP contribution in [0.25, 0.3) is 0 Å². The van der Waals surface area contributed by atoms with Crippen molar-refractivity contribution in [2.45, 2.75) is 32.7 Å². The van der Waals surface area contributed by atoms with Crippen LogP contribution in [0, 0.1) is 6.92 Å². The Morgan fingerprint density at radius 2 is 2.33 bits per heavy atom. The summed E-state index contributed by atoms with van der Waals surface area (Å²) in [4.78, 5) is 22.4. The summed E-state index contributed by atoms with van der Waals surface area (Å²) < 4.78 is 0. The van der Waals surface area contributed by atoms with E-state index in [-0.39, 0.29) is 11.9 Å². The molecule has 0 radical (unpaired) electrons. The second-order valence-corrected chi connectivity index (χ2v) is 5.80. The molecule has 7 nitrogen and oxygen atoms in total. The molecule has 2 aromatic rings. The maximum Gasteiger partial charge on any atom is 0.220 e. The predicted molar refractivity (Wildman–Crippen MR) is 79.3 cm³/mol. The lowest BCUT2D eigenvalue weighted by molar-refractivity contribution is -0.129. The molecule has 0 unspecified atom stereocenters. The third kappa shape index (κ3) is 2.99. The highest BCUT2D eigenvalue weighted by Crippen LogP contribution is 2.32. The second-order valence-electron chi connectivity index (χ2n) is 4.96. The van der Waals surface area contributed by atoms with Crippen LogP contribution in [0.1, 0.15) is 37.3 Å². The van der Waals surface area contributed by atoms with Crippen LogP contribution < -0.4 is 5.32 Å². The fourth-order valence-corrected chi connectivity index (χ4v) is 3.07. The van der Waals surface area contributed by atoms with Crippen LogP contribution in [0.15, 0.2) is 11.6 Å². The Labute approximate surface area is 126 Å². The summed E-state index contributed by atoms with van der Waals surface area (Å²) in [5.74, 6) is 1.45. The van der Waals surface area contributed by atoms with E-state index in [9.17, 15) is 4.79 Å². The number of rotatable bonds is 3. The lowest BCUT2D eigenvalue weighted by atomic mass is 10.1. The van der Waals surface area contributed by atoms with Crippen LogP contribution in [0.4, 0.5) is 10.9 Å². The maximum atomic E-state index is 11.7. The fourth-order valence-electron chi connectivity index (χ4n) is 2.61. The van der Waals surface area contributed by atoms with E-state index in [2.05, 4.69) is 25.5 Å². The van der Waals surface area contributed by atoms with Gasteiger partial charge in [-0.1, -0.05) is 11.3 Å². The summed E-state index contributed by atoms with van der Waals surface area (Å²) in [6.45, 7) is 4.25. The minimum Gasteiger partial charge on any atom is -0.334 e. The Hall–Kier alpha value is -2.09. The summed E-state index contributed by atoms with van der Waals surface area (Å²) in [5.41, 5.74) is 2.54. The van der Waals surface area contributed by atoms with Crippen LogP contribution in [0.2, 0.25) is 0 Å². The number of hydrogen-bond donors (Lipinski definition) is 1. The SMILES string of the molecule is CC(=O)N1CCC[C@H]1c1cc(Nc2nncs2)nc(C)n1. The van der Waals surface area contributed by atoms with Crippen molar-refractivity contribution in [1.82, 2.24) is 25.1 Å². The van der Waals surface area contributed by atoms with Crippen molar-refractivity contribution in [3.63, 3.8) is 0 Å². The van der Waals surface area contributed by atoms with E-state index in [1.807, 2.05) is 17.9 Å². The summed E-state index contributed by atoms with van der Waals surface area (Å²) in [7, 11) is 0. The molecule has 3 rings (SSSR count).